The van der Waals surface area contributed by atoms with E-state index in [0.717, 1.165) is 24.2 Å². The summed E-state index contributed by atoms with van der Waals surface area (Å²) in [7, 11) is 0. The smallest absolute Gasteiger partial charge is 0.253 e. The standard InChI is InChI=1S/C15H23N3O2/c1-4-7-17-14-10-11(2)5-6-13(14)15(20)18-9-8-16-12(3)19/h5-6,10,17H,4,7-9H2,1-3H3,(H,16,19)(H,18,20). The third-order valence-corrected chi connectivity index (χ3v) is 2.77. The molecule has 1 aromatic rings. The zero-order valence-corrected chi connectivity index (χ0v) is 12.4. The maximum absolute atomic E-state index is 12.1. The summed E-state index contributed by atoms with van der Waals surface area (Å²) in [6.45, 7) is 7.21. The van der Waals surface area contributed by atoms with Crippen LogP contribution in [0.5, 0.6) is 0 Å². The average Bonchev–Trinajstić information content (AvgIpc) is 2.41. The summed E-state index contributed by atoms with van der Waals surface area (Å²) in [4.78, 5) is 22.9. The lowest BCUT2D eigenvalue weighted by Crippen LogP contribution is -2.34. The molecular weight excluding hydrogens is 254 g/mol. The van der Waals surface area contributed by atoms with Crippen LogP contribution in [-0.4, -0.2) is 31.4 Å². The predicted molar refractivity (Wildman–Crippen MR) is 81.0 cm³/mol. The van der Waals surface area contributed by atoms with Gasteiger partial charge in [-0.25, -0.2) is 0 Å². The first kappa shape index (κ1) is 16.0. The molecule has 0 spiro atoms. The van der Waals surface area contributed by atoms with Gasteiger partial charge in [-0.05, 0) is 31.0 Å². The van der Waals surface area contributed by atoms with Crippen LogP contribution in [0.2, 0.25) is 0 Å². The molecule has 0 radical (unpaired) electrons. The topological polar surface area (TPSA) is 70.2 Å². The molecule has 5 heteroatoms. The van der Waals surface area contributed by atoms with Crippen molar-refractivity contribution < 1.29 is 9.59 Å². The van der Waals surface area contributed by atoms with E-state index < -0.39 is 0 Å². The minimum Gasteiger partial charge on any atom is -0.384 e. The summed E-state index contributed by atoms with van der Waals surface area (Å²) in [6, 6.07) is 5.71. The molecule has 0 bridgehead atoms. The van der Waals surface area contributed by atoms with E-state index >= 15 is 0 Å². The number of anilines is 1. The Hall–Kier alpha value is -2.04. The summed E-state index contributed by atoms with van der Waals surface area (Å²) in [6.07, 6.45) is 0.998. The number of rotatable bonds is 7. The second-order valence-corrected chi connectivity index (χ2v) is 4.71. The van der Waals surface area contributed by atoms with Crippen LogP contribution in [0.15, 0.2) is 18.2 Å². The molecule has 0 fully saturated rings. The van der Waals surface area contributed by atoms with Gasteiger partial charge in [-0.15, -0.1) is 0 Å². The molecule has 0 aliphatic rings. The van der Waals surface area contributed by atoms with Gasteiger partial charge in [-0.3, -0.25) is 9.59 Å². The van der Waals surface area contributed by atoms with Gasteiger partial charge >= 0.3 is 0 Å². The van der Waals surface area contributed by atoms with Crippen molar-refractivity contribution in [3.8, 4) is 0 Å². The van der Waals surface area contributed by atoms with Crippen LogP contribution in [0, 0.1) is 6.92 Å². The van der Waals surface area contributed by atoms with E-state index in [2.05, 4.69) is 22.9 Å². The maximum atomic E-state index is 12.1. The first-order valence-corrected chi connectivity index (χ1v) is 6.91. The molecule has 0 heterocycles. The Labute approximate surface area is 120 Å². The summed E-state index contributed by atoms with van der Waals surface area (Å²) in [5, 5.41) is 8.70. The molecule has 0 saturated heterocycles. The second-order valence-electron chi connectivity index (χ2n) is 4.71. The number of carbonyl (C=O) groups excluding carboxylic acids is 2. The van der Waals surface area contributed by atoms with Crippen LogP contribution < -0.4 is 16.0 Å². The zero-order valence-electron chi connectivity index (χ0n) is 12.4. The fourth-order valence-electron chi connectivity index (χ4n) is 1.77. The molecule has 3 N–H and O–H groups in total. The van der Waals surface area contributed by atoms with Gasteiger partial charge in [-0.2, -0.15) is 0 Å². The lowest BCUT2D eigenvalue weighted by Gasteiger charge is -2.13. The first-order chi connectivity index (χ1) is 9.54. The van der Waals surface area contributed by atoms with Gasteiger partial charge in [0, 0.05) is 32.2 Å². The Balaban J connectivity index is 2.63. The quantitative estimate of drug-likeness (QED) is 0.664. The average molecular weight is 277 g/mol. The van der Waals surface area contributed by atoms with Gasteiger partial charge < -0.3 is 16.0 Å². The van der Waals surface area contributed by atoms with E-state index in [-0.39, 0.29) is 11.8 Å². The highest BCUT2D eigenvalue weighted by Gasteiger charge is 2.10. The zero-order chi connectivity index (χ0) is 15.0. The Morgan fingerprint density at radius 1 is 1.10 bits per heavy atom. The molecule has 20 heavy (non-hydrogen) atoms. The van der Waals surface area contributed by atoms with Gasteiger partial charge in [0.05, 0.1) is 5.56 Å². The van der Waals surface area contributed by atoms with Crippen molar-refractivity contribution in [2.24, 2.45) is 0 Å². The lowest BCUT2D eigenvalue weighted by molar-refractivity contribution is -0.118. The van der Waals surface area contributed by atoms with E-state index in [1.807, 2.05) is 25.1 Å². The molecule has 0 atom stereocenters. The minimum absolute atomic E-state index is 0.0973. The molecule has 0 aliphatic heterocycles. The number of aryl methyl sites for hydroxylation is 1. The molecular formula is C15H23N3O2. The van der Waals surface area contributed by atoms with Gasteiger partial charge in [0.1, 0.15) is 0 Å². The fourth-order valence-corrected chi connectivity index (χ4v) is 1.77. The van der Waals surface area contributed by atoms with Crippen LogP contribution in [0.4, 0.5) is 5.69 Å². The normalized spacial score (nSPS) is 9.95. The highest BCUT2D eigenvalue weighted by atomic mass is 16.2. The molecule has 110 valence electrons. The molecule has 0 saturated carbocycles. The molecule has 0 aromatic heterocycles. The van der Waals surface area contributed by atoms with Crippen LogP contribution in [0.3, 0.4) is 0 Å². The molecule has 0 aliphatic carbocycles. The summed E-state index contributed by atoms with van der Waals surface area (Å²) in [5.74, 6) is -0.228. The Kier molecular flexibility index (Phi) is 6.56. The number of nitrogens with one attached hydrogen (secondary N) is 3. The summed E-state index contributed by atoms with van der Waals surface area (Å²) >= 11 is 0. The third-order valence-electron chi connectivity index (χ3n) is 2.77. The van der Waals surface area contributed by atoms with Crippen LogP contribution in [0.25, 0.3) is 0 Å². The number of benzene rings is 1. The largest absolute Gasteiger partial charge is 0.384 e. The van der Waals surface area contributed by atoms with Crippen molar-refractivity contribution in [2.45, 2.75) is 27.2 Å². The molecule has 5 nitrogen and oxygen atoms in total. The van der Waals surface area contributed by atoms with Crippen molar-refractivity contribution in [1.29, 1.82) is 0 Å². The number of carbonyl (C=O) groups is 2. The molecule has 1 aromatic carbocycles. The molecule has 2 amide bonds. The summed E-state index contributed by atoms with van der Waals surface area (Å²) < 4.78 is 0. The number of hydrogen-bond acceptors (Lipinski definition) is 3. The maximum Gasteiger partial charge on any atom is 0.253 e. The van der Waals surface area contributed by atoms with Crippen molar-refractivity contribution in [3.05, 3.63) is 29.3 Å². The Morgan fingerprint density at radius 2 is 1.80 bits per heavy atom. The van der Waals surface area contributed by atoms with Crippen molar-refractivity contribution >= 4 is 17.5 Å². The van der Waals surface area contributed by atoms with E-state index in [1.165, 1.54) is 6.92 Å². The first-order valence-electron chi connectivity index (χ1n) is 6.91. The third kappa shape index (κ3) is 5.30. The highest BCUT2D eigenvalue weighted by molar-refractivity contribution is 5.99. The van der Waals surface area contributed by atoms with Crippen LogP contribution in [0.1, 0.15) is 36.2 Å². The van der Waals surface area contributed by atoms with Crippen molar-refractivity contribution in [3.63, 3.8) is 0 Å². The highest BCUT2D eigenvalue weighted by Crippen LogP contribution is 2.17. The van der Waals surface area contributed by atoms with Gasteiger partial charge in [-0.1, -0.05) is 13.0 Å². The van der Waals surface area contributed by atoms with Gasteiger partial charge in [0.2, 0.25) is 5.91 Å². The van der Waals surface area contributed by atoms with E-state index in [0.29, 0.717) is 18.7 Å². The van der Waals surface area contributed by atoms with Gasteiger partial charge in [0.15, 0.2) is 0 Å². The number of amides is 2. The van der Waals surface area contributed by atoms with E-state index in [1.54, 1.807) is 0 Å². The van der Waals surface area contributed by atoms with Gasteiger partial charge in [0.25, 0.3) is 5.91 Å². The summed E-state index contributed by atoms with van der Waals surface area (Å²) in [5.41, 5.74) is 2.59. The molecule has 1 rings (SSSR count). The van der Waals surface area contributed by atoms with Crippen LogP contribution in [-0.2, 0) is 4.79 Å². The van der Waals surface area contributed by atoms with E-state index in [4.69, 9.17) is 0 Å². The van der Waals surface area contributed by atoms with Crippen molar-refractivity contribution in [2.75, 3.05) is 25.0 Å². The van der Waals surface area contributed by atoms with Crippen molar-refractivity contribution in [1.82, 2.24) is 10.6 Å². The monoisotopic (exact) mass is 277 g/mol. The SMILES string of the molecule is CCCNc1cc(C)ccc1C(=O)NCCNC(C)=O. The lowest BCUT2D eigenvalue weighted by atomic mass is 10.1. The fraction of sp³-hybridized carbons (Fsp3) is 0.467. The number of hydrogen-bond donors (Lipinski definition) is 3. The van der Waals surface area contributed by atoms with Crippen LogP contribution >= 0.6 is 0 Å². The predicted octanol–water partition coefficient (Wildman–Crippen LogP) is 1.68. The Bertz CT molecular complexity index is 472. The second kappa shape index (κ2) is 8.19. The van der Waals surface area contributed by atoms with E-state index in [9.17, 15) is 9.59 Å². The molecule has 0 unspecified atom stereocenters. The Morgan fingerprint density at radius 3 is 2.45 bits per heavy atom. The minimum atomic E-state index is -0.131.